The summed E-state index contributed by atoms with van der Waals surface area (Å²) in [6.07, 6.45) is 2.61. The Balaban J connectivity index is 1.64. The first-order valence-electron chi connectivity index (χ1n) is 7.76. The number of rotatable bonds is 6. The first-order chi connectivity index (χ1) is 10.6. The quantitative estimate of drug-likeness (QED) is 0.624. The minimum atomic E-state index is -0.728. The molecule has 2 N–H and O–H groups in total. The van der Waals surface area contributed by atoms with Crippen LogP contribution in [0.2, 0.25) is 0 Å². The summed E-state index contributed by atoms with van der Waals surface area (Å²) in [5, 5.41) is 11.9. The number of carbonyl (C=O) groups is 2. The summed E-state index contributed by atoms with van der Waals surface area (Å²) in [7, 11) is 0. The number of thioether (sulfide) groups is 1. The van der Waals surface area contributed by atoms with Crippen LogP contribution in [0.3, 0.4) is 0 Å². The predicted molar refractivity (Wildman–Crippen MR) is 88.0 cm³/mol. The number of carboxylic acids is 1. The van der Waals surface area contributed by atoms with Crippen molar-refractivity contribution < 1.29 is 14.7 Å². The molecule has 0 aromatic heterocycles. The van der Waals surface area contributed by atoms with Gasteiger partial charge in [-0.05, 0) is 44.7 Å². The number of carboxylic acid groups (broad SMARTS) is 1. The fourth-order valence-corrected chi connectivity index (χ4v) is 3.49. The molecule has 1 aliphatic rings. The van der Waals surface area contributed by atoms with Crippen molar-refractivity contribution in [1.82, 2.24) is 5.32 Å². The maximum atomic E-state index is 12.1. The van der Waals surface area contributed by atoms with Gasteiger partial charge in [0.15, 0.2) is 0 Å². The number of hydrogen-bond donors (Lipinski definition) is 2. The fourth-order valence-electron chi connectivity index (χ4n) is 2.72. The molecule has 1 amide bonds. The molecule has 1 aliphatic carbocycles. The topological polar surface area (TPSA) is 66.4 Å². The minimum absolute atomic E-state index is 0.0139. The third-order valence-corrected chi connectivity index (χ3v) is 5.15. The molecule has 0 saturated heterocycles. The summed E-state index contributed by atoms with van der Waals surface area (Å²) in [5.41, 5.74) is 1.25. The zero-order valence-electron chi connectivity index (χ0n) is 12.9. The van der Waals surface area contributed by atoms with Crippen molar-refractivity contribution in [3.8, 4) is 0 Å². The minimum Gasteiger partial charge on any atom is -0.481 e. The molecule has 0 bridgehead atoms. The number of amides is 1. The molecule has 1 fully saturated rings. The van der Waals surface area contributed by atoms with Gasteiger partial charge in [0.25, 0.3) is 0 Å². The summed E-state index contributed by atoms with van der Waals surface area (Å²) >= 11 is 1.73. The fraction of sp³-hybridized carbons (Fsp3) is 0.529. The molecule has 0 unspecified atom stereocenters. The van der Waals surface area contributed by atoms with Crippen molar-refractivity contribution in [2.75, 3.05) is 12.3 Å². The van der Waals surface area contributed by atoms with Crippen LogP contribution in [-0.2, 0) is 9.59 Å². The SMILES string of the molecule is Cc1ccc(SCCNC(=O)C2CCC(C(=O)O)CC2)cc1. The maximum Gasteiger partial charge on any atom is 0.306 e. The van der Waals surface area contributed by atoms with E-state index in [0.717, 1.165) is 5.75 Å². The molecule has 22 heavy (non-hydrogen) atoms. The highest BCUT2D eigenvalue weighted by Crippen LogP contribution is 2.29. The van der Waals surface area contributed by atoms with Crippen molar-refractivity contribution in [3.63, 3.8) is 0 Å². The van der Waals surface area contributed by atoms with E-state index in [1.807, 2.05) is 0 Å². The molecule has 0 heterocycles. The van der Waals surface area contributed by atoms with Gasteiger partial charge in [-0.25, -0.2) is 0 Å². The van der Waals surface area contributed by atoms with Crippen molar-refractivity contribution >= 4 is 23.6 Å². The second-order valence-corrected chi connectivity index (χ2v) is 7.01. The summed E-state index contributed by atoms with van der Waals surface area (Å²) in [6.45, 7) is 2.71. The number of nitrogens with one attached hydrogen (secondary N) is 1. The van der Waals surface area contributed by atoms with Crippen LogP contribution in [0.5, 0.6) is 0 Å². The number of carbonyl (C=O) groups excluding carboxylic acids is 1. The van der Waals surface area contributed by atoms with Crippen molar-refractivity contribution in [2.45, 2.75) is 37.5 Å². The number of benzene rings is 1. The van der Waals surface area contributed by atoms with Crippen LogP contribution in [-0.4, -0.2) is 29.3 Å². The van der Waals surface area contributed by atoms with E-state index in [1.54, 1.807) is 11.8 Å². The van der Waals surface area contributed by atoms with E-state index in [2.05, 4.69) is 36.5 Å². The molecule has 1 saturated carbocycles. The third kappa shape index (κ3) is 5.05. The Morgan fingerprint density at radius 1 is 1.14 bits per heavy atom. The Morgan fingerprint density at radius 2 is 1.73 bits per heavy atom. The Bertz CT molecular complexity index is 507. The monoisotopic (exact) mass is 321 g/mol. The third-order valence-electron chi connectivity index (χ3n) is 4.14. The second-order valence-electron chi connectivity index (χ2n) is 5.84. The van der Waals surface area contributed by atoms with Crippen LogP contribution < -0.4 is 5.32 Å². The van der Waals surface area contributed by atoms with Crippen LogP contribution in [0, 0.1) is 18.8 Å². The number of hydrogen-bond acceptors (Lipinski definition) is 3. The molecule has 2 rings (SSSR count). The molecule has 1 aromatic rings. The summed E-state index contributed by atoms with van der Waals surface area (Å²) < 4.78 is 0. The number of aliphatic carboxylic acids is 1. The smallest absolute Gasteiger partial charge is 0.306 e. The lowest BCUT2D eigenvalue weighted by Crippen LogP contribution is -2.35. The van der Waals surface area contributed by atoms with Crippen LogP contribution in [0.15, 0.2) is 29.2 Å². The van der Waals surface area contributed by atoms with Gasteiger partial charge in [-0.15, -0.1) is 11.8 Å². The van der Waals surface area contributed by atoms with E-state index in [0.29, 0.717) is 32.2 Å². The predicted octanol–water partition coefficient (Wildman–Crippen LogP) is 3.09. The van der Waals surface area contributed by atoms with Crippen LogP contribution >= 0.6 is 11.8 Å². The van der Waals surface area contributed by atoms with Gasteiger partial charge in [0.1, 0.15) is 0 Å². The standard InChI is InChI=1S/C17H23NO3S/c1-12-2-8-15(9-3-12)22-11-10-18-16(19)13-4-6-14(7-5-13)17(20)21/h2-3,8-9,13-14H,4-7,10-11H2,1H3,(H,18,19)(H,20,21). The van der Waals surface area contributed by atoms with E-state index < -0.39 is 5.97 Å². The highest BCUT2D eigenvalue weighted by Gasteiger charge is 2.29. The average molecular weight is 321 g/mol. The van der Waals surface area contributed by atoms with Gasteiger partial charge in [-0.3, -0.25) is 9.59 Å². The molecule has 0 spiro atoms. The lowest BCUT2D eigenvalue weighted by atomic mass is 9.81. The second kappa shape index (κ2) is 8.22. The van der Waals surface area contributed by atoms with Crippen LogP contribution in [0.25, 0.3) is 0 Å². The van der Waals surface area contributed by atoms with Crippen LogP contribution in [0.1, 0.15) is 31.2 Å². The normalized spacial score (nSPS) is 21.3. The van der Waals surface area contributed by atoms with Gasteiger partial charge in [-0.1, -0.05) is 17.7 Å². The molecular weight excluding hydrogens is 298 g/mol. The number of aryl methyl sites for hydroxylation is 1. The summed E-state index contributed by atoms with van der Waals surface area (Å²) in [6, 6.07) is 8.35. The summed E-state index contributed by atoms with van der Waals surface area (Å²) in [5.74, 6) is -0.0814. The molecule has 0 atom stereocenters. The highest BCUT2D eigenvalue weighted by atomic mass is 32.2. The largest absolute Gasteiger partial charge is 0.481 e. The Morgan fingerprint density at radius 3 is 2.32 bits per heavy atom. The van der Waals surface area contributed by atoms with E-state index >= 15 is 0 Å². The van der Waals surface area contributed by atoms with Crippen molar-refractivity contribution in [3.05, 3.63) is 29.8 Å². The van der Waals surface area contributed by atoms with Gasteiger partial charge in [0.05, 0.1) is 5.92 Å². The van der Waals surface area contributed by atoms with Gasteiger partial charge < -0.3 is 10.4 Å². The molecule has 0 radical (unpaired) electrons. The van der Waals surface area contributed by atoms with Gasteiger partial charge in [0.2, 0.25) is 5.91 Å². The molecule has 0 aliphatic heterocycles. The maximum absolute atomic E-state index is 12.1. The molecule has 4 nitrogen and oxygen atoms in total. The Labute approximate surface area is 135 Å². The molecule has 5 heteroatoms. The lowest BCUT2D eigenvalue weighted by Gasteiger charge is -2.25. The first-order valence-corrected chi connectivity index (χ1v) is 8.75. The van der Waals surface area contributed by atoms with Crippen molar-refractivity contribution in [2.24, 2.45) is 11.8 Å². The van der Waals surface area contributed by atoms with E-state index in [4.69, 9.17) is 5.11 Å². The van der Waals surface area contributed by atoms with Gasteiger partial charge in [-0.2, -0.15) is 0 Å². The van der Waals surface area contributed by atoms with Gasteiger partial charge >= 0.3 is 5.97 Å². The van der Waals surface area contributed by atoms with Crippen molar-refractivity contribution in [1.29, 1.82) is 0 Å². The zero-order chi connectivity index (χ0) is 15.9. The Hall–Kier alpha value is -1.49. The molecular formula is C17H23NO3S. The van der Waals surface area contributed by atoms with Gasteiger partial charge in [0, 0.05) is 23.1 Å². The first kappa shape index (κ1) is 16.9. The highest BCUT2D eigenvalue weighted by molar-refractivity contribution is 7.99. The molecule has 120 valence electrons. The van der Waals surface area contributed by atoms with Crippen LogP contribution in [0.4, 0.5) is 0 Å². The summed E-state index contributed by atoms with van der Waals surface area (Å²) in [4.78, 5) is 24.2. The average Bonchev–Trinajstić information content (AvgIpc) is 2.53. The van der Waals surface area contributed by atoms with E-state index in [9.17, 15) is 9.59 Å². The van der Waals surface area contributed by atoms with E-state index in [1.165, 1.54) is 10.5 Å². The van der Waals surface area contributed by atoms with E-state index in [-0.39, 0.29) is 17.7 Å². The lowest BCUT2D eigenvalue weighted by molar-refractivity contribution is -0.144. The zero-order valence-corrected chi connectivity index (χ0v) is 13.7. The Kier molecular flexibility index (Phi) is 6.31. The molecule has 1 aromatic carbocycles.